The Kier molecular flexibility index (Phi) is 2.36. The van der Waals surface area contributed by atoms with Gasteiger partial charge in [0.25, 0.3) is 0 Å². The smallest absolute Gasteiger partial charge is 0.249 e. The summed E-state index contributed by atoms with van der Waals surface area (Å²) in [4.78, 5) is 10.5. The average molecular weight is 156 g/mol. The lowest BCUT2D eigenvalue weighted by Gasteiger charge is -2.11. The Morgan fingerprint density at radius 3 is 3.09 bits per heavy atom. The highest BCUT2D eigenvalue weighted by atomic mass is 16.5. The quantitative estimate of drug-likeness (QED) is 0.603. The molecule has 11 heavy (non-hydrogen) atoms. The second-order valence-electron chi connectivity index (χ2n) is 2.36. The van der Waals surface area contributed by atoms with Crippen LogP contribution in [0.5, 0.6) is 0 Å². The second-order valence-corrected chi connectivity index (χ2v) is 2.36. The van der Waals surface area contributed by atoms with Crippen LogP contribution in [0, 0.1) is 0 Å². The highest BCUT2D eigenvalue weighted by Crippen LogP contribution is 2.05. The summed E-state index contributed by atoms with van der Waals surface area (Å²) in [6, 6.07) is 0. The number of allylic oxidation sites excluding steroid dienone is 1. The maximum atomic E-state index is 10.5. The topological polar surface area (TPSA) is 50.4 Å². The number of rotatable bonds is 2. The van der Waals surface area contributed by atoms with Crippen molar-refractivity contribution in [1.29, 1.82) is 0 Å². The van der Waals surface area contributed by atoms with E-state index in [1.165, 1.54) is 6.92 Å². The summed E-state index contributed by atoms with van der Waals surface area (Å²) in [6.45, 7) is 3.47. The van der Waals surface area contributed by atoms with Gasteiger partial charge in [0.15, 0.2) is 0 Å². The standard InChI is InChI=1S/C7H12N2O2/c1-3-6-4-11-7(9-6)8-5(2)10/h4,7,9H,3H2,1-2H3,(H,8,10). The van der Waals surface area contributed by atoms with Crippen LogP contribution in [0.15, 0.2) is 12.0 Å². The molecular weight excluding hydrogens is 144 g/mol. The summed E-state index contributed by atoms with van der Waals surface area (Å²) in [6.07, 6.45) is 2.14. The molecule has 0 radical (unpaired) electrons. The number of ether oxygens (including phenoxy) is 1. The van der Waals surface area contributed by atoms with Gasteiger partial charge in [-0.1, -0.05) is 6.92 Å². The Morgan fingerprint density at radius 2 is 2.64 bits per heavy atom. The summed E-state index contributed by atoms with van der Waals surface area (Å²) in [5.41, 5.74) is 1.00. The van der Waals surface area contributed by atoms with Gasteiger partial charge in [-0.3, -0.25) is 4.79 Å². The monoisotopic (exact) mass is 156 g/mol. The molecule has 0 bridgehead atoms. The van der Waals surface area contributed by atoms with Crippen LogP contribution in [-0.4, -0.2) is 12.3 Å². The molecule has 0 fully saturated rings. The van der Waals surface area contributed by atoms with Gasteiger partial charge in [0.2, 0.25) is 12.3 Å². The molecule has 0 spiro atoms. The SMILES string of the molecule is CCC1=COC(NC(C)=O)N1. The number of carbonyl (C=O) groups excluding carboxylic acids is 1. The molecule has 1 aliphatic heterocycles. The first-order valence-electron chi connectivity index (χ1n) is 3.60. The Labute approximate surface area is 65.6 Å². The van der Waals surface area contributed by atoms with E-state index in [0.29, 0.717) is 0 Å². The van der Waals surface area contributed by atoms with Crippen molar-refractivity contribution in [2.45, 2.75) is 26.6 Å². The first-order chi connectivity index (χ1) is 5.22. The fourth-order valence-corrected chi connectivity index (χ4v) is 0.827. The van der Waals surface area contributed by atoms with E-state index in [4.69, 9.17) is 4.74 Å². The number of nitrogens with one attached hydrogen (secondary N) is 2. The molecule has 0 saturated carbocycles. The molecule has 1 unspecified atom stereocenters. The molecule has 0 saturated heterocycles. The number of carbonyl (C=O) groups is 1. The predicted molar refractivity (Wildman–Crippen MR) is 40.2 cm³/mol. The molecular formula is C7H12N2O2. The third-order valence-corrected chi connectivity index (χ3v) is 1.38. The first-order valence-corrected chi connectivity index (χ1v) is 3.60. The fraction of sp³-hybridized carbons (Fsp3) is 0.571. The van der Waals surface area contributed by atoms with Crippen molar-refractivity contribution in [2.24, 2.45) is 0 Å². The van der Waals surface area contributed by atoms with Crippen molar-refractivity contribution < 1.29 is 9.53 Å². The molecule has 4 heteroatoms. The minimum absolute atomic E-state index is 0.103. The fourth-order valence-electron chi connectivity index (χ4n) is 0.827. The van der Waals surface area contributed by atoms with Gasteiger partial charge >= 0.3 is 0 Å². The molecule has 1 amide bonds. The lowest BCUT2D eigenvalue weighted by molar-refractivity contribution is -0.122. The molecule has 2 N–H and O–H groups in total. The normalized spacial score (nSPS) is 21.6. The van der Waals surface area contributed by atoms with Gasteiger partial charge in [-0.25, -0.2) is 0 Å². The summed E-state index contributed by atoms with van der Waals surface area (Å²) in [7, 11) is 0. The molecule has 0 aromatic rings. The van der Waals surface area contributed by atoms with Gasteiger partial charge < -0.3 is 15.4 Å². The van der Waals surface area contributed by atoms with Gasteiger partial charge in [-0.15, -0.1) is 0 Å². The van der Waals surface area contributed by atoms with E-state index in [0.717, 1.165) is 12.1 Å². The zero-order chi connectivity index (χ0) is 8.27. The van der Waals surface area contributed by atoms with E-state index in [2.05, 4.69) is 10.6 Å². The molecule has 0 aromatic carbocycles. The summed E-state index contributed by atoms with van der Waals surface area (Å²) < 4.78 is 5.06. The van der Waals surface area contributed by atoms with Crippen molar-refractivity contribution in [2.75, 3.05) is 0 Å². The van der Waals surface area contributed by atoms with E-state index in [1.807, 2.05) is 6.92 Å². The lowest BCUT2D eigenvalue weighted by atomic mass is 10.4. The molecule has 62 valence electrons. The Bertz CT molecular complexity index is 189. The predicted octanol–water partition coefficient (Wildman–Crippen LogP) is 0.277. The third kappa shape index (κ3) is 2.14. The zero-order valence-corrected chi connectivity index (χ0v) is 6.68. The van der Waals surface area contributed by atoms with Crippen molar-refractivity contribution in [3.63, 3.8) is 0 Å². The number of hydrogen-bond donors (Lipinski definition) is 2. The van der Waals surface area contributed by atoms with Crippen molar-refractivity contribution in [3.05, 3.63) is 12.0 Å². The van der Waals surface area contributed by atoms with Crippen LogP contribution in [-0.2, 0) is 9.53 Å². The maximum Gasteiger partial charge on any atom is 0.249 e. The van der Waals surface area contributed by atoms with E-state index in [1.54, 1.807) is 6.26 Å². The minimum atomic E-state index is -0.373. The first kappa shape index (κ1) is 7.91. The van der Waals surface area contributed by atoms with E-state index < -0.39 is 0 Å². The third-order valence-electron chi connectivity index (χ3n) is 1.38. The van der Waals surface area contributed by atoms with Crippen LogP contribution in [0.25, 0.3) is 0 Å². The molecule has 0 aliphatic carbocycles. The molecule has 1 rings (SSSR count). The van der Waals surface area contributed by atoms with Crippen molar-refractivity contribution in [3.8, 4) is 0 Å². The lowest BCUT2D eigenvalue weighted by Crippen LogP contribution is -2.41. The molecule has 0 aromatic heterocycles. The van der Waals surface area contributed by atoms with Gasteiger partial charge in [-0.05, 0) is 6.42 Å². The van der Waals surface area contributed by atoms with Crippen molar-refractivity contribution in [1.82, 2.24) is 10.6 Å². The average Bonchev–Trinajstić information content (AvgIpc) is 2.34. The summed E-state index contributed by atoms with van der Waals surface area (Å²) >= 11 is 0. The highest BCUT2D eigenvalue weighted by Gasteiger charge is 2.15. The van der Waals surface area contributed by atoms with Crippen LogP contribution in [0.2, 0.25) is 0 Å². The summed E-state index contributed by atoms with van der Waals surface area (Å²) in [5.74, 6) is -0.103. The van der Waals surface area contributed by atoms with E-state index in [9.17, 15) is 4.79 Å². The second kappa shape index (κ2) is 3.27. The van der Waals surface area contributed by atoms with Crippen LogP contribution < -0.4 is 10.6 Å². The molecule has 1 heterocycles. The number of amides is 1. The van der Waals surface area contributed by atoms with E-state index >= 15 is 0 Å². The minimum Gasteiger partial charge on any atom is -0.458 e. The Morgan fingerprint density at radius 1 is 1.91 bits per heavy atom. The highest BCUT2D eigenvalue weighted by molar-refractivity contribution is 5.73. The summed E-state index contributed by atoms with van der Waals surface area (Å²) in [5, 5.41) is 5.56. The maximum absolute atomic E-state index is 10.5. The Hall–Kier alpha value is -1.19. The largest absolute Gasteiger partial charge is 0.458 e. The number of hydrogen-bond acceptors (Lipinski definition) is 3. The van der Waals surface area contributed by atoms with Crippen LogP contribution >= 0.6 is 0 Å². The van der Waals surface area contributed by atoms with Crippen LogP contribution in [0.3, 0.4) is 0 Å². The van der Waals surface area contributed by atoms with Gasteiger partial charge in [0.1, 0.15) is 6.26 Å². The van der Waals surface area contributed by atoms with Gasteiger partial charge in [0, 0.05) is 12.6 Å². The van der Waals surface area contributed by atoms with Gasteiger partial charge in [-0.2, -0.15) is 0 Å². The van der Waals surface area contributed by atoms with Crippen LogP contribution in [0.1, 0.15) is 20.3 Å². The molecule has 1 atom stereocenters. The van der Waals surface area contributed by atoms with Crippen molar-refractivity contribution >= 4 is 5.91 Å². The zero-order valence-electron chi connectivity index (χ0n) is 6.68. The Balaban J connectivity index is 2.30. The molecule has 4 nitrogen and oxygen atoms in total. The van der Waals surface area contributed by atoms with Gasteiger partial charge in [0.05, 0.1) is 0 Å². The van der Waals surface area contributed by atoms with Crippen LogP contribution in [0.4, 0.5) is 0 Å². The molecule has 1 aliphatic rings. The van der Waals surface area contributed by atoms with E-state index in [-0.39, 0.29) is 12.3 Å².